The standard InChI is InChI=1S/C15H20N4O4/c1-4-5-18-6-7-19(15(2,3)14(18)23)12(20)10-8-17-11(9-16-10)13(21)22/h8-9H,4-7H2,1-3H3,(H,21,22). The minimum Gasteiger partial charge on any atom is -0.476 e. The van der Waals surface area contributed by atoms with E-state index in [0.29, 0.717) is 19.6 Å². The molecule has 0 unspecified atom stereocenters. The Balaban J connectivity index is 2.22. The number of rotatable bonds is 4. The van der Waals surface area contributed by atoms with Gasteiger partial charge in [0.1, 0.15) is 11.2 Å². The Hall–Kier alpha value is -2.51. The third-order valence-corrected chi connectivity index (χ3v) is 3.91. The summed E-state index contributed by atoms with van der Waals surface area (Å²) in [6.07, 6.45) is 3.03. The fourth-order valence-electron chi connectivity index (χ4n) is 2.63. The number of carbonyl (C=O) groups is 3. The van der Waals surface area contributed by atoms with Crippen LogP contribution in [0.15, 0.2) is 12.4 Å². The average molecular weight is 320 g/mol. The van der Waals surface area contributed by atoms with E-state index in [0.717, 1.165) is 18.8 Å². The van der Waals surface area contributed by atoms with E-state index in [1.54, 1.807) is 18.7 Å². The number of carboxylic acids is 1. The molecule has 2 amide bonds. The van der Waals surface area contributed by atoms with E-state index in [9.17, 15) is 14.4 Å². The molecule has 1 saturated heterocycles. The van der Waals surface area contributed by atoms with Gasteiger partial charge in [-0.25, -0.2) is 14.8 Å². The molecule has 8 nitrogen and oxygen atoms in total. The molecule has 1 aromatic rings. The molecule has 0 aliphatic carbocycles. The van der Waals surface area contributed by atoms with Crippen molar-refractivity contribution < 1.29 is 19.5 Å². The zero-order valence-electron chi connectivity index (χ0n) is 13.4. The van der Waals surface area contributed by atoms with Crippen LogP contribution in [0.1, 0.15) is 48.2 Å². The van der Waals surface area contributed by atoms with Gasteiger partial charge < -0.3 is 14.9 Å². The highest BCUT2D eigenvalue weighted by molar-refractivity contribution is 5.98. The fourth-order valence-corrected chi connectivity index (χ4v) is 2.63. The van der Waals surface area contributed by atoms with Gasteiger partial charge in [-0.05, 0) is 20.3 Å². The van der Waals surface area contributed by atoms with Gasteiger partial charge >= 0.3 is 5.97 Å². The normalized spacial score (nSPS) is 17.3. The van der Waals surface area contributed by atoms with Crippen LogP contribution in [0.5, 0.6) is 0 Å². The van der Waals surface area contributed by atoms with Crippen LogP contribution in [-0.4, -0.2) is 67.8 Å². The lowest BCUT2D eigenvalue weighted by Gasteiger charge is -2.45. The number of hydrogen-bond donors (Lipinski definition) is 1. The van der Waals surface area contributed by atoms with Crippen LogP contribution >= 0.6 is 0 Å². The van der Waals surface area contributed by atoms with E-state index in [2.05, 4.69) is 9.97 Å². The van der Waals surface area contributed by atoms with Gasteiger partial charge in [-0.2, -0.15) is 0 Å². The molecular weight excluding hydrogens is 300 g/mol. The molecule has 8 heteroatoms. The van der Waals surface area contributed by atoms with Crippen LogP contribution < -0.4 is 0 Å². The van der Waals surface area contributed by atoms with Crippen LogP contribution in [0.3, 0.4) is 0 Å². The van der Waals surface area contributed by atoms with Crippen LogP contribution in [0, 0.1) is 0 Å². The predicted molar refractivity (Wildman–Crippen MR) is 81.0 cm³/mol. The zero-order chi connectivity index (χ0) is 17.2. The molecule has 0 atom stereocenters. The molecular formula is C15H20N4O4. The van der Waals surface area contributed by atoms with Gasteiger partial charge in [0.2, 0.25) is 5.91 Å². The molecule has 1 fully saturated rings. The predicted octanol–water partition coefficient (Wildman–Crippen LogP) is 0.648. The van der Waals surface area contributed by atoms with Crippen molar-refractivity contribution in [3.63, 3.8) is 0 Å². The summed E-state index contributed by atoms with van der Waals surface area (Å²) in [6.45, 7) is 6.94. The number of aromatic nitrogens is 2. The van der Waals surface area contributed by atoms with Crippen LogP contribution in [0.4, 0.5) is 0 Å². The average Bonchev–Trinajstić information content (AvgIpc) is 2.52. The van der Waals surface area contributed by atoms with Gasteiger partial charge in [0.25, 0.3) is 5.91 Å². The molecule has 1 aromatic heterocycles. The SMILES string of the molecule is CCCN1CCN(C(=O)c2cnc(C(=O)O)cn2)C(C)(C)C1=O. The van der Waals surface area contributed by atoms with Crippen molar-refractivity contribution in [2.45, 2.75) is 32.7 Å². The summed E-state index contributed by atoms with van der Waals surface area (Å²) in [5.74, 6) is -1.74. The summed E-state index contributed by atoms with van der Waals surface area (Å²) < 4.78 is 0. The first-order chi connectivity index (χ1) is 10.8. The number of piperazine rings is 1. The molecule has 0 bridgehead atoms. The van der Waals surface area contributed by atoms with Gasteiger partial charge in [-0.3, -0.25) is 9.59 Å². The first-order valence-corrected chi connectivity index (χ1v) is 7.45. The van der Waals surface area contributed by atoms with Gasteiger partial charge in [-0.1, -0.05) is 6.92 Å². The Bertz CT molecular complexity index is 627. The lowest BCUT2D eigenvalue weighted by Crippen LogP contribution is -2.64. The van der Waals surface area contributed by atoms with Crippen LogP contribution in [0.25, 0.3) is 0 Å². The van der Waals surface area contributed by atoms with Gasteiger partial charge in [0.05, 0.1) is 12.4 Å². The summed E-state index contributed by atoms with van der Waals surface area (Å²) in [5.41, 5.74) is -1.18. The van der Waals surface area contributed by atoms with Crippen molar-refractivity contribution in [1.82, 2.24) is 19.8 Å². The molecule has 1 N–H and O–H groups in total. The molecule has 0 saturated carbocycles. The third-order valence-electron chi connectivity index (χ3n) is 3.91. The number of carboxylic acid groups (broad SMARTS) is 1. The lowest BCUT2D eigenvalue weighted by molar-refractivity contribution is -0.146. The minimum atomic E-state index is -1.21. The summed E-state index contributed by atoms with van der Waals surface area (Å²) in [7, 11) is 0. The largest absolute Gasteiger partial charge is 0.476 e. The molecule has 0 radical (unpaired) electrons. The first kappa shape index (κ1) is 16.9. The minimum absolute atomic E-state index is 0.0276. The number of hydrogen-bond acceptors (Lipinski definition) is 5. The molecule has 23 heavy (non-hydrogen) atoms. The van der Waals surface area contributed by atoms with E-state index in [-0.39, 0.29) is 17.3 Å². The summed E-state index contributed by atoms with van der Waals surface area (Å²) >= 11 is 0. The van der Waals surface area contributed by atoms with Crippen molar-refractivity contribution in [1.29, 1.82) is 0 Å². The highest BCUT2D eigenvalue weighted by atomic mass is 16.4. The maximum absolute atomic E-state index is 12.6. The monoisotopic (exact) mass is 320 g/mol. The van der Waals surface area contributed by atoms with E-state index in [4.69, 9.17) is 5.11 Å². The van der Waals surface area contributed by atoms with Gasteiger partial charge in [0, 0.05) is 19.6 Å². The fraction of sp³-hybridized carbons (Fsp3) is 0.533. The second-order valence-electron chi connectivity index (χ2n) is 5.90. The van der Waals surface area contributed by atoms with Gasteiger partial charge in [-0.15, -0.1) is 0 Å². The Morgan fingerprint density at radius 2 is 1.83 bits per heavy atom. The number of carbonyl (C=O) groups excluding carboxylic acids is 2. The number of nitrogens with zero attached hydrogens (tertiary/aromatic N) is 4. The van der Waals surface area contributed by atoms with Crippen molar-refractivity contribution in [2.24, 2.45) is 0 Å². The Morgan fingerprint density at radius 1 is 1.22 bits per heavy atom. The first-order valence-electron chi connectivity index (χ1n) is 7.45. The van der Waals surface area contributed by atoms with Crippen molar-refractivity contribution in [2.75, 3.05) is 19.6 Å². The second-order valence-corrected chi connectivity index (χ2v) is 5.90. The lowest BCUT2D eigenvalue weighted by atomic mass is 9.96. The topological polar surface area (TPSA) is 104 Å². The molecule has 1 aliphatic heterocycles. The van der Waals surface area contributed by atoms with Crippen LogP contribution in [0.2, 0.25) is 0 Å². The summed E-state index contributed by atoms with van der Waals surface area (Å²) in [5, 5.41) is 8.81. The molecule has 2 heterocycles. The molecule has 0 aromatic carbocycles. The maximum atomic E-state index is 12.6. The quantitative estimate of drug-likeness (QED) is 0.873. The third kappa shape index (κ3) is 3.15. The maximum Gasteiger partial charge on any atom is 0.356 e. The molecule has 2 rings (SSSR count). The Labute approximate surface area is 134 Å². The van der Waals surface area contributed by atoms with Gasteiger partial charge in [0.15, 0.2) is 5.69 Å². The summed E-state index contributed by atoms with van der Waals surface area (Å²) in [4.78, 5) is 46.7. The van der Waals surface area contributed by atoms with Crippen LogP contribution in [-0.2, 0) is 4.79 Å². The van der Waals surface area contributed by atoms with E-state index in [1.807, 2.05) is 6.92 Å². The van der Waals surface area contributed by atoms with Crippen molar-refractivity contribution >= 4 is 17.8 Å². The highest BCUT2D eigenvalue weighted by Gasteiger charge is 2.44. The van der Waals surface area contributed by atoms with E-state index in [1.165, 1.54) is 4.90 Å². The van der Waals surface area contributed by atoms with Crippen molar-refractivity contribution in [3.8, 4) is 0 Å². The molecule has 1 aliphatic rings. The zero-order valence-corrected chi connectivity index (χ0v) is 13.4. The molecule has 0 spiro atoms. The Kier molecular flexibility index (Phi) is 4.63. The smallest absolute Gasteiger partial charge is 0.356 e. The highest BCUT2D eigenvalue weighted by Crippen LogP contribution is 2.24. The number of aromatic carboxylic acids is 1. The number of amides is 2. The van der Waals surface area contributed by atoms with E-state index >= 15 is 0 Å². The Morgan fingerprint density at radius 3 is 2.35 bits per heavy atom. The molecule has 124 valence electrons. The van der Waals surface area contributed by atoms with E-state index < -0.39 is 17.4 Å². The summed E-state index contributed by atoms with van der Waals surface area (Å²) in [6, 6.07) is 0. The second kappa shape index (κ2) is 6.31. The van der Waals surface area contributed by atoms with Crippen molar-refractivity contribution in [3.05, 3.63) is 23.8 Å².